The maximum Gasteiger partial charge on any atom is 0.254 e. The SMILES string of the molecule is CCc1cc(NCC2(CS(C)(=O)=O)CC2)n2ncnc2n1. The van der Waals surface area contributed by atoms with Crippen molar-refractivity contribution in [3.63, 3.8) is 0 Å². The van der Waals surface area contributed by atoms with Crippen molar-refractivity contribution < 1.29 is 8.42 Å². The van der Waals surface area contributed by atoms with Gasteiger partial charge in [-0.05, 0) is 19.3 Å². The zero-order valence-corrected chi connectivity index (χ0v) is 13.0. The Kier molecular flexibility index (Phi) is 3.35. The Morgan fingerprint density at radius 3 is 2.81 bits per heavy atom. The summed E-state index contributed by atoms with van der Waals surface area (Å²) in [5.74, 6) is 1.61. The van der Waals surface area contributed by atoms with Crippen LogP contribution in [0, 0.1) is 5.41 Å². The maximum atomic E-state index is 11.5. The highest BCUT2D eigenvalue weighted by Crippen LogP contribution is 2.46. The minimum absolute atomic E-state index is 0.129. The van der Waals surface area contributed by atoms with Gasteiger partial charge >= 0.3 is 0 Å². The van der Waals surface area contributed by atoms with Crippen molar-refractivity contribution in [2.24, 2.45) is 5.41 Å². The Morgan fingerprint density at radius 1 is 1.43 bits per heavy atom. The molecular formula is C13H19N5O2S. The Bertz CT molecular complexity index is 764. The predicted octanol–water partition coefficient (Wildman–Crippen LogP) is 0.923. The molecule has 0 spiro atoms. The number of nitrogens with zero attached hydrogens (tertiary/aromatic N) is 4. The number of rotatable bonds is 6. The second-order valence-corrected chi connectivity index (χ2v) is 8.02. The smallest absolute Gasteiger partial charge is 0.254 e. The van der Waals surface area contributed by atoms with Crippen molar-refractivity contribution in [1.29, 1.82) is 0 Å². The second kappa shape index (κ2) is 4.94. The predicted molar refractivity (Wildman–Crippen MR) is 80.0 cm³/mol. The number of hydrogen-bond acceptors (Lipinski definition) is 6. The summed E-state index contributed by atoms with van der Waals surface area (Å²) in [6.07, 6.45) is 5.46. The highest BCUT2D eigenvalue weighted by atomic mass is 32.2. The first-order valence-corrected chi connectivity index (χ1v) is 9.08. The molecule has 2 aromatic rings. The highest BCUT2D eigenvalue weighted by molar-refractivity contribution is 7.90. The van der Waals surface area contributed by atoms with Crippen molar-refractivity contribution in [2.45, 2.75) is 26.2 Å². The van der Waals surface area contributed by atoms with Crippen LogP contribution < -0.4 is 5.32 Å². The fraction of sp³-hybridized carbons (Fsp3) is 0.615. The fourth-order valence-electron chi connectivity index (χ4n) is 2.55. The summed E-state index contributed by atoms with van der Waals surface area (Å²) in [4.78, 5) is 8.50. The summed E-state index contributed by atoms with van der Waals surface area (Å²) in [7, 11) is -2.96. The van der Waals surface area contributed by atoms with Gasteiger partial charge in [0, 0.05) is 30.0 Å². The molecule has 0 bridgehead atoms. The van der Waals surface area contributed by atoms with E-state index in [0.29, 0.717) is 12.3 Å². The Morgan fingerprint density at radius 2 is 2.19 bits per heavy atom. The van der Waals surface area contributed by atoms with Gasteiger partial charge in [-0.2, -0.15) is 14.6 Å². The van der Waals surface area contributed by atoms with Crippen LogP contribution in [0.15, 0.2) is 12.4 Å². The van der Waals surface area contributed by atoms with E-state index in [0.717, 1.165) is 30.8 Å². The van der Waals surface area contributed by atoms with Gasteiger partial charge in [-0.25, -0.2) is 13.4 Å². The summed E-state index contributed by atoms with van der Waals surface area (Å²) in [5, 5.41) is 7.48. The van der Waals surface area contributed by atoms with Crippen LogP contribution in [0.5, 0.6) is 0 Å². The van der Waals surface area contributed by atoms with E-state index in [1.165, 1.54) is 12.6 Å². The fourth-order valence-corrected chi connectivity index (χ4v) is 4.05. The van der Waals surface area contributed by atoms with Gasteiger partial charge in [0.2, 0.25) is 0 Å². The summed E-state index contributed by atoms with van der Waals surface area (Å²) in [6, 6.07) is 1.94. The Hall–Kier alpha value is -1.70. The van der Waals surface area contributed by atoms with Gasteiger partial charge in [0.1, 0.15) is 22.0 Å². The van der Waals surface area contributed by atoms with Gasteiger partial charge in [-0.3, -0.25) is 0 Å². The highest BCUT2D eigenvalue weighted by Gasteiger charge is 2.45. The molecule has 1 saturated carbocycles. The Labute approximate surface area is 123 Å². The molecule has 0 saturated heterocycles. The number of nitrogens with one attached hydrogen (secondary N) is 1. The molecule has 2 aromatic heterocycles. The molecular weight excluding hydrogens is 290 g/mol. The van der Waals surface area contributed by atoms with Crippen LogP contribution in [0.25, 0.3) is 5.78 Å². The second-order valence-electron chi connectivity index (χ2n) is 5.88. The lowest BCUT2D eigenvalue weighted by Gasteiger charge is -2.16. The zero-order valence-electron chi connectivity index (χ0n) is 12.2. The molecule has 7 nitrogen and oxygen atoms in total. The lowest BCUT2D eigenvalue weighted by Crippen LogP contribution is -2.25. The average molecular weight is 309 g/mol. The first kappa shape index (κ1) is 14.2. The first-order chi connectivity index (χ1) is 9.91. The van der Waals surface area contributed by atoms with Gasteiger partial charge in [0.05, 0.1) is 5.75 Å². The van der Waals surface area contributed by atoms with Crippen molar-refractivity contribution in [3.8, 4) is 0 Å². The van der Waals surface area contributed by atoms with Crippen LogP contribution in [0.3, 0.4) is 0 Å². The van der Waals surface area contributed by atoms with Gasteiger partial charge < -0.3 is 5.32 Å². The lowest BCUT2D eigenvalue weighted by atomic mass is 10.1. The number of anilines is 1. The molecule has 8 heteroatoms. The zero-order chi connectivity index (χ0) is 15.1. The third-order valence-electron chi connectivity index (χ3n) is 3.84. The van der Waals surface area contributed by atoms with Crippen LogP contribution >= 0.6 is 0 Å². The largest absolute Gasteiger partial charge is 0.369 e. The number of fused-ring (bicyclic) bond motifs is 1. The molecule has 1 aliphatic carbocycles. The van der Waals surface area contributed by atoms with Crippen LogP contribution in [-0.2, 0) is 16.3 Å². The molecule has 0 amide bonds. The normalized spacial score (nSPS) is 17.0. The first-order valence-electron chi connectivity index (χ1n) is 7.02. The standard InChI is InChI=1S/C13H19N5O2S/c1-3-10-6-11(18-12(17-10)15-9-16-18)14-7-13(4-5-13)8-21(2,19)20/h6,9,14H,3-5,7-8H2,1-2H3. The van der Waals surface area contributed by atoms with E-state index in [1.54, 1.807) is 4.52 Å². The van der Waals surface area contributed by atoms with Gasteiger partial charge in [-0.15, -0.1) is 0 Å². The lowest BCUT2D eigenvalue weighted by molar-refractivity contribution is 0.560. The minimum atomic E-state index is -2.96. The summed E-state index contributed by atoms with van der Waals surface area (Å²) >= 11 is 0. The Balaban J connectivity index is 1.81. The number of aromatic nitrogens is 4. The van der Waals surface area contributed by atoms with Crippen molar-refractivity contribution in [2.75, 3.05) is 23.9 Å². The van der Waals surface area contributed by atoms with Crippen LogP contribution in [0.4, 0.5) is 5.82 Å². The molecule has 0 unspecified atom stereocenters. The van der Waals surface area contributed by atoms with E-state index in [1.807, 2.05) is 13.0 Å². The molecule has 0 aromatic carbocycles. The van der Waals surface area contributed by atoms with Gasteiger partial charge in [0.25, 0.3) is 5.78 Å². The van der Waals surface area contributed by atoms with Crippen LogP contribution in [-0.4, -0.2) is 46.6 Å². The summed E-state index contributed by atoms with van der Waals surface area (Å²) < 4.78 is 24.7. The summed E-state index contributed by atoms with van der Waals surface area (Å²) in [5.41, 5.74) is 0.807. The third-order valence-corrected chi connectivity index (χ3v) is 4.97. The maximum absolute atomic E-state index is 11.5. The molecule has 2 heterocycles. The molecule has 1 N–H and O–H groups in total. The van der Waals surface area contributed by atoms with E-state index < -0.39 is 9.84 Å². The molecule has 0 atom stereocenters. The van der Waals surface area contributed by atoms with E-state index >= 15 is 0 Å². The summed E-state index contributed by atoms with van der Waals surface area (Å²) in [6.45, 7) is 2.66. The third kappa shape index (κ3) is 3.15. The van der Waals surface area contributed by atoms with E-state index in [9.17, 15) is 8.42 Å². The molecule has 1 aliphatic rings. The molecule has 0 aliphatic heterocycles. The topological polar surface area (TPSA) is 89.2 Å². The van der Waals surface area contributed by atoms with Gasteiger partial charge in [0.15, 0.2) is 0 Å². The molecule has 0 radical (unpaired) electrons. The quantitative estimate of drug-likeness (QED) is 0.853. The van der Waals surface area contributed by atoms with Gasteiger partial charge in [-0.1, -0.05) is 6.92 Å². The molecule has 114 valence electrons. The van der Waals surface area contributed by atoms with Crippen molar-refractivity contribution in [3.05, 3.63) is 18.1 Å². The molecule has 1 fully saturated rings. The van der Waals surface area contributed by atoms with Crippen molar-refractivity contribution in [1.82, 2.24) is 19.6 Å². The minimum Gasteiger partial charge on any atom is -0.369 e. The monoisotopic (exact) mass is 309 g/mol. The van der Waals surface area contributed by atoms with Crippen LogP contribution in [0.2, 0.25) is 0 Å². The van der Waals surface area contributed by atoms with Crippen LogP contribution in [0.1, 0.15) is 25.5 Å². The van der Waals surface area contributed by atoms with Crippen molar-refractivity contribution >= 4 is 21.4 Å². The number of aryl methyl sites for hydroxylation is 1. The number of hydrogen-bond donors (Lipinski definition) is 1. The molecule has 3 rings (SSSR count). The van der Waals surface area contributed by atoms with E-state index in [2.05, 4.69) is 20.4 Å². The average Bonchev–Trinajstić information content (AvgIpc) is 2.98. The van der Waals surface area contributed by atoms with E-state index in [-0.39, 0.29) is 11.2 Å². The number of sulfone groups is 1. The molecule has 21 heavy (non-hydrogen) atoms. The van der Waals surface area contributed by atoms with E-state index in [4.69, 9.17) is 0 Å².